The number of sulfonamides is 1. The lowest BCUT2D eigenvalue weighted by Gasteiger charge is -2.22. The van der Waals surface area contributed by atoms with Crippen molar-refractivity contribution in [3.63, 3.8) is 0 Å². The Balaban J connectivity index is 1.51. The number of benzene rings is 1. The number of hydrogen-bond donors (Lipinski definition) is 2. The van der Waals surface area contributed by atoms with Crippen molar-refractivity contribution in [3.05, 3.63) is 29.8 Å². The molecule has 2 aliphatic rings. The highest BCUT2D eigenvalue weighted by molar-refractivity contribution is 7.89. The van der Waals surface area contributed by atoms with Gasteiger partial charge in [-0.1, -0.05) is 31.4 Å². The minimum atomic E-state index is -3.43. The van der Waals surface area contributed by atoms with Gasteiger partial charge >= 0.3 is 0 Å². The number of amides is 1. The van der Waals surface area contributed by atoms with Crippen LogP contribution in [-0.4, -0.2) is 26.9 Å². The van der Waals surface area contributed by atoms with E-state index in [0.29, 0.717) is 11.4 Å². The van der Waals surface area contributed by atoms with Gasteiger partial charge in [0.15, 0.2) is 0 Å². The number of carbonyl (C=O) groups is 1. The molecule has 0 aromatic heterocycles. The largest absolute Gasteiger partial charge is 0.356 e. The van der Waals surface area contributed by atoms with Crippen LogP contribution in [0.5, 0.6) is 0 Å². The minimum Gasteiger partial charge on any atom is -0.356 e. The van der Waals surface area contributed by atoms with Crippen molar-refractivity contribution in [2.45, 2.75) is 62.3 Å². The summed E-state index contributed by atoms with van der Waals surface area (Å²) in [4.78, 5) is 11.9. The molecule has 5 nitrogen and oxygen atoms in total. The van der Waals surface area contributed by atoms with Crippen LogP contribution in [0.15, 0.2) is 29.2 Å². The normalized spacial score (nSPS) is 19.2. The molecule has 2 aliphatic carbocycles. The Hall–Kier alpha value is -1.40. The van der Waals surface area contributed by atoms with Gasteiger partial charge in [-0.2, -0.15) is 0 Å². The summed E-state index contributed by atoms with van der Waals surface area (Å²) in [6, 6.07) is 7.05. The Bertz CT molecular complexity index is 660. The van der Waals surface area contributed by atoms with Crippen molar-refractivity contribution < 1.29 is 13.2 Å². The van der Waals surface area contributed by atoms with E-state index in [9.17, 15) is 13.2 Å². The average Bonchev–Trinajstić information content (AvgIpc) is 3.41. The van der Waals surface area contributed by atoms with E-state index in [-0.39, 0.29) is 17.9 Å². The quantitative estimate of drug-likeness (QED) is 0.793. The first-order chi connectivity index (χ1) is 11.5. The van der Waals surface area contributed by atoms with Crippen LogP contribution in [-0.2, 0) is 21.2 Å². The van der Waals surface area contributed by atoms with Gasteiger partial charge in [0.05, 0.1) is 4.90 Å². The molecule has 1 amide bonds. The second-order valence-electron chi connectivity index (χ2n) is 6.92. The lowest BCUT2D eigenvalue weighted by atomic mass is 9.96. The maximum Gasteiger partial charge on any atom is 0.240 e. The number of rotatable bonds is 7. The van der Waals surface area contributed by atoms with Crippen molar-refractivity contribution in [3.8, 4) is 0 Å². The third-order valence-electron chi connectivity index (χ3n) is 4.82. The van der Waals surface area contributed by atoms with Gasteiger partial charge in [0.2, 0.25) is 15.9 Å². The van der Waals surface area contributed by atoms with Crippen molar-refractivity contribution in [2.75, 3.05) is 6.54 Å². The third-order valence-corrected chi connectivity index (χ3v) is 6.36. The topological polar surface area (TPSA) is 75.3 Å². The zero-order chi connectivity index (χ0) is 17.0. The summed E-state index contributed by atoms with van der Waals surface area (Å²) in [6.45, 7) is 0.599. The summed E-state index contributed by atoms with van der Waals surface area (Å²) in [5.41, 5.74) is 1.03. The standard InChI is InChI=1S/C18H26N2O3S/c21-18(15-8-9-15)19-13-12-14-6-10-17(11-7-14)24(22,23)20-16-4-2-1-3-5-16/h6-7,10-11,15-16,20H,1-5,8-9,12-13H2,(H,19,21). The molecular weight excluding hydrogens is 324 g/mol. The average molecular weight is 350 g/mol. The molecular formula is C18H26N2O3S. The summed E-state index contributed by atoms with van der Waals surface area (Å²) >= 11 is 0. The Labute approximate surface area is 144 Å². The summed E-state index contributed by atoms with van der Waals surface area (Å²) < 4.78 is 27.7. The first-order valence-electron chi connectivity index (χ1n) is 8.93. The van der Waals surface area contributed by atoms with E-state index in [1.54, 1.807) is 12.1 Å². The highest BCUT2D eigenvalue weighted by atomic mass is 32.2. The van der Waals surface area contributed by atoms with Gasteiger partial charge < -0.3 is 5.32 Å². The maximum atomic E-state index is 12.4. The first kappa shape index (κ1) is 17.4. The van der Waals surface area contributed by atoms with Crippen LogP contribution in [0.4, 0.5) is 0 Å². The minimum absolute atomic E-state index is 0.0704. The van der Waals surface area contributed by atoms with Gasteiger partial charge in [-0.05, 0) is 49.8 Å². The molecule has 0 saturated heterocycles. The van der Waals surface area contributed by atoms with Crippen LogP contribution in [0.2, 0.25) is 0 Å². The predicted molar refractivity (Wildman–Crippen MR) is 93.1 cm³/mol. The van der Waals surface area contributed by atoms with Crippen LogP contribution >= 0.6 is 0 Å². The second kappa shape index (κ2) is 7.66. The lowest BCUT2D eigenvalue weighted by Crippen LogP contribution is -2.36. The van der Waals surface area contributed by atoms with E-state index in [2.05, 4.69) is 10.0 Å². The molecule has 2 saturated carbocycles. The third kappa shape index (κ3) is 4.80. The summed E-state index contributed by atoms with van der Waals surface area (Å²) in [5, 5.41) is 2.92. The van der Waals surface area contributed by atoms with Crippen LogP contribution in [0.3, 0.4) is 0 Å². The van der Waals surface area contributed by atoms with Crippen LogP contribution in [0, 0.1) is 5.92 Å². The zero-order valence-electron chi connectivity index (χ0n) is 14.0. The molecule has 0 spiro atoms. The lowest BCUT2D eigenvalue weighted by molar-refractivity contribution is -0.122. The van der Waals surface area contributed by atoms with Crippen molar-refractivity contribution >= 4 is 15.9 Å². The van der Waals surface area contributed by atoms with E-state index in [1.807, 2.05) is 12.1 Å². The SMILES string of the molecule is O=C(NCCc1ccc(S(=O)(=O)NC2CCCCC2)cc1)C1CC1. The van der Waals surface area contributed by atoms with Crippen molar-refractivity contribution in [1.82, 2.24) is 10.0 Å². The molecule has 0 unspecified atom stereocenters. The van der Waals surface area contributed by atoms with E-state index < -0.39 is 10.0 Å². The Morgan fingerprint density at radius 2 is 1.67 bits per heavy atom. The second-order valence-corrected chi connectivity index (χ2v) is 8.63. The molecule has 132 valence electrons. The fourth-order valence-corrected chi connectivity index (χ4v) is 4.47. The van der Waals surface area contributed by atoms with E-state index in [1.165, 1.54) is 6.42 Å². The highest BCUT2D eigenvalue weighted by Crippen LogP contribution is 2.28. The van der Waals surface area contributed by atoms with Gasteiger partial charge in [0.1, 0.15) is 0 Å². The van der Waals surface area contributed by atoms with Gasteiger partial charge in [-0.3, -0.25) is 4.79 Å². The van der Waals surface area contributed by atoms with Crippen LogP contribution in [0.25, 0.3) is 0 Å². The fourth-order valence-electron chi connectivity index (χ4n) is 3.16. The molecule has 0 atom stereocenters. The monoisotopic (exact) mass is 350 g/mol. The Kier molecular flexibility index (Phi) is 5.56. The molecule has 0 aliphatic heterocycles. The molecule has 24 heavy (non-hydrogen) atoms. The number of hydrogen-bond acceptors (Lipinski definition) is 3. The molecule has 6 heteroatoms. The fraction of sp³-hybridized carbons (Fsp3) is 0.611. The molecule has 3 rings (SSSR count). The van der Waals surface area contributed by atoms with Crippen LogP contribution in [0.1, 0.15) is 50.5 Å². The molecule has 2 N–H and O–H groups in total. The number of nitrogens with one attached hydrogen (secondary N) is 2. The first-order valence-corrected chi connectivity index (χ1v) is 10.4. The Morgan fingerprint density at radius 1 is 1.00 bits per heavy atom. The number of carbonyl (C=O) groups excluding carboxylic acids is 1. The molecule has 1 aromatic carbocycles. The van der Waals surface area contributed by atoms with E-state index >= 15 is 0 Å². The Morgan fingerprint density at radius 3 is 2.29 bits per heavy atom. The smallest absolute Gasteiger partial charge is 0.240 e. The summed E-state index contributed by atoms with van der Waals surface area (Å²) in [7, 11) is -3.43. The van der Waals surface area contributed by atoms with E-state index in [0.717, 1.165) is 50.5 Å². The molecule has 2 fully saturated rings. The molecule has 0 bridgehead atoms. The summed E-state index contributed by atoms with van der Waals surface area (Å²) in [6.07, 6.45) is 7.98. The van der Waals surface area contributed by atoms with Gasteiger partial charge in [0, 0.05) is 18.5 Å². The van der Waals surface area contributed by atoms with Crippen molar-refractivity contribution in [1.29, 1.82) is 0 Å². The van der Waals surface area contributed by atoms with E-state index in [4.69, 9.17) is 0 Å². The van der Waals surface area contributed by atoms with Gasteiger partial charge in [-0.25, -0.2) is 13.1 Å². The predicted octanol–water partition coefficient (Wildman–Crippen LogP) is 2.37. The maximum absolute atomic E-state index is 12.4. The molecule has 1 aromatic rings. The summed E-state index contributed by atoms with van der Waals surface area (Å²) in [5.74, 6) is 0.370. The van der Waals surface area contributed by atoms with Crippen LogP contribution < -0.4 is 10.0 Å². The van der Waals surface area contributed by atoms with Gasteiger partial charge in [0.25, 0.3) is 0 Å². The highest BCUT2D eigenvalue weighted by Gasteiger charge is 2.29. The zero-order valence-corrected chi connectivity index (χ0v) is 14.8. The van der Waals surface area contributed by atoms with Crippen molar-refractivity contribution in [2.24, 2.45) is 5.92 Å². The molecule has 0 radical (unpaired) electrons. The molecule has 0 heterocycles. The van der Waals surface area contributed by atoms with Gasteiger partial charge in [-0.15, -0.1) is 0 Å².